The predicted molar refractivity (Wildman–Crippen MR) is 114 cm³/mol. The van der Waals surface area contributed by atoms with E-state index >= 15 is 0 Å². The van der Waals surface area contributed by atoms with Gasteiger partial charge in [-0.05, 0) is 37.0 Å². The normalized spacial score (nSPS) is 26.4. The van der Waals surface area contributed by atoms with Crippen LogP contribution in [0.4, 0.5) is 0 Å². The minimum absolute atomic E-state index is 0.0501. The highest BCUT2D eigenvalue weighted by atomic mass is 16.3. The number of likely N-dealkylation sites (tertiary alicyclic amines) is 1. The van der Waals surface area contributed by atoms with Gasteiger partial charge in [-0.3, -0.25) is 9.59 Å². The van der Waals surface area contributed by atoms with Crippen LogP contribution in [0.5, 0.6) is 0 Å². The number of piperidine rings is 1. The van der Waals surface area contributed by atoms with Crippen molar-refractivity contribution < 1.29 is 9.90 Å². The lowest BCUT2D eigenvalue weighted by Gasteiger charge is -2.52. The number of fused-ring (bicyclic) bond motifs is 2. The Labute approximate surface area is 174 Å². The fraction of sp³-hybridized carbons (Fsp3) is 0.375. The molecule has 2 heterocycles. The van der Waals surface area contributed by atoms with Crippen molar-refractivity contribution in [2.75, 3.05) is 6.54 Å². The maximum absolute atomic E-state index is 13.4. The fourth-order valence-corrected chi connectivity index (χ4v) is 5.33. The van der Waals surface area contributed by atoms with Crippen LogP contribution in [0, 0.1) is 5.92 Å². The average molecular weight is 403 g/mol. The molecule has 2 aromatic carbocycles. The van der Waals surface area contributed by atoms with Gasteiger partial charge >= 0.3 is 0 Å². The molecular weight excluding hydrogens is 378 g/mol. The molecule has 1 saturated heterocycles. The summed E-state index contributed by atoms with van der Waals surface area (Å²) in [6, 6.07) is 16.9. The molecule has 154 valence electrons. The summed E-state index contributed by atoms with van der Waals surface area (Å²) >= 11 is 0. The smallest absolute Gasteiger partial charge is 0.280 e. The summed E-state index contributed by atoms with van der Waals surface area (Å²) in [4.78, 5) is 35.0. The quantitative estimate of drug-likeness (QED) is 0.688. The first-order chi connectivity index (χ1) is 14.6. The Kier molecular flexibility index (Phi) is 4.66. The summed E-state index contributed by atoms with van der Waals surface area (Å²) in [5.74, 6) is -0.389. The summed E-state index contributed by atoms with van der Waals surface area (Å²) in [6.45, 7) is 0.402. The number of hydrogen-bond acceptors (Lipinski definition) is 4. The monoisotopic (exact) mass is 403 g/mol. The van der Waals surface area contributed by atoms with E-state index in [2.05, 4.69) is 9.97 Å². The molecule has 2 fully saturated rings. The third kappa shape index (κ3) is 3.03. The molecule has 1 aliphatic heterocycles. The van der Waals surface area contributed by atoms with Crippen molar-refractivity contribution in [2.24, 2.45) is 5.92 Å². The maximum atomic E-state index is 13.4. The number of H-pyrrole nitrogens is 1. The highest BCUT2D eigenvalue weighted by Crippen LogP contribution is 2.47. The number of amides is 1. The van der Waals surface area contributed by atoms with Crippen LogP contribution in [0.2, 0.25) is 0 Å². The molecule has 0 spiro atoms. The molecule has 0 unspecified atom stereocenters. The van der Waals surface area contributed by atoms with Crippen molar-refractivity contribution in [3.63, 3.8) is 0 Å². The summed E-state index contributed by atoms with van der Waals surface area (Å²) in [5, 5.41) is 11.7. The minimum Gasteiger partial charge on any atom is -0.385 e. The van der Waals surface area contributed by atoms with Gasteiger partial charge in [-0.25, -0.2) is 4.98 Å². The van der Waals surface area contributed by atoms with Crippen LogP contribution < -0.4 is 5.56 Å². The number of aromatic amines is 1. The van der Waals surface area contributed by atoms with E-state index in [0.29, 0.717) is 24.0 Å². The van der Waals surface area contributed by atoms with E-state index in [1.807, 2.05) is 42.5 Å². The number of nitrogens with one attached hydrogen (secondary N) is 1. The largest absolute Gasteiger partial charge is 0.385 e. The van der Waals surface area contributed by atoms with Gasteiger partial charge in [-0.1, -0.05) is 55.3 Å². The Morgan fingerprint density at radius 3 is 2.63 bits per heavy atom. The van der Waals surface area contributed by atoms with Crippen LogP contribution >= 0.6 is 0 Å². The highest BCUT2D eigenvalue weighted by molar-refractivity contribution is 5.94. The van der Waals surface area contributed by atoms with Crippen molar-refractivity contribution in [1.29, 1.82) is 0 Å². The van der Waals surface area contributed by atoms with Gasteiger partial charge in [0.1, 0.15) is 0 Å². The van der Waals surface area contributed by atoms with E-state index in [0.717, 1.165) is 31.2 Å². The molecule has 1 amide bonds. The molecule has 2 aliphatic rings. The van der Waals surface area contributed by atoms with Gasteiger partial charge in [0.2, 0.25) is 0 Å². The summed E-state index contributed by atoms with van der Waals surface area (Å²) in [5.41, 5.74) is 0.644. The van der Waals surface area contributed by atoms with Gasteiger partial charge < -0.3 is 15.0 Å². The standard InChI is InChI=1S/C24H25N3O3/c28-22-21(25-18-11-5-6-12-19(18)26-22)23(29)27-15-14-24(30,16-8-2-1-3-9-16)17-10-4-7-13-20(17)27/h1-3,5-6,8-9,11-12,17,20,30H,4,7,10,13-15H2,(H,26,28)/t17-,20+,24+/m0/s1. The lowest BCUT2D eigenvalue weighted by molar-refractivity contribution is -0.110. The molecule has 6 nitrogen and oxygen atoms in total. The molecule has 3 aromatic rings. The van der Waals surface area contributed by atoms with Gasteiger partial charge in [-0.2, -0.15) is 0 Å². The minimum atomic E-state index is -0.952. The Morgan fingerprint density at radius 2 is 1.80 bits per heavy atom. The highest BCUT2D eigenvalue weighted by Gasteiger charge is 2.50. The van der Waals surface area contributed by atoms with E-state index in [4.69, 9.17) is 0 Å². The fourth-order valence-electron chi connectivity index (χ4n) is 5.33. The van der Waals surface area contributed by atoms with Gasteiger partial charge in [0.15, 0.2) is 5.69 Å². The van der Waals surface area contributed by atoms with Crippen molar-refractivity contribution in [2.45, 2.75) is 43.7 Å². The van der Waals surface area contributed by atoms with Crippen LogP contribution in [0.15, 0.2) is 59.4 Å². The lowest BCUT2D eigenvalue weighted by atomic mass is 9.66. The number of nitrogens with zero attached hydrogens (tertiary/aromatic N) is 2. The van der Waals surface area contributed by atoms with Crippen LogP contribution in [0.3, 0.4) is 0 Å². The molecule has 2 N–H and O–H groups in total. The average Bonchev–Trinajstić information content (AvgIpc) is 2.79. The van der Waals surface area contributed by atoms with Crippen LogP contribution in [-0.2, 0) is 5.60 Å². The van der Waals surface area contributed by atoms with Gasteiger partial charge in [0.05, 0.1) is 16.6 Å². The topological polar surface area (TPSA) is 86.3 Å². The Hall–Kier alpha value is -2.99. The number of hydrogen-bond donors (Lipinski definition) is 2. The maximum Gasteiger partial charge on any atom is 0.280 e. The second-order valence-corrected chi connectivity index (χ2v) is 8.43. The molecule has 3 atom stereocenters. The zero-order chi connectivity index (χ0) is 20.7. The SMILES string of the molecule is O=C(c1nc2ccccc2[nH]c1=O)N1CC[C@@](O)(c2ccccc2)[C@H]2CCCC[C@H]21. The second kappa shape index (κ2) is 7.36. The molecule has 0 bridgehead atoms. The zero-order valence-electron chi connectivity index (χ0n) is 16.8. The number of benzene rings is 2. The third-order valence-electron chi connectivity index (χ3n) is 6.81. The van der Waals surface area contributed by atoms with Crippen LogP contribution in [-0.4, -0.2) is 38.5 Å². The van der Waals surface area contributed by atoms with E-state index in [-0.39, 0.29) is 23.6 Å². The molecule has 1 aromatic heterocycles. The Bertz CT molecular complexity index is 1140. The second-order valence-electron chi connectivity index (χ2n) is 8.43. The van der Waals surface area contributed by atoms with Crippen molar-refractivity contribution in [3.05, 3.63) is 76.2 Å². The van der Waals surface area contributed by atoms with Crippen molar-refractivity contribution in [1.82, 2.24) is 14.9 Å². The van der Waals surface area contributed by atoms with Crippen molar-refractivity contribution >= 4 is 16.9 Å². The molecule has 30 heavy (non-hydrogen) atoms. The van der Waals surface area contributed by atoms with E-state index in [9.17, 15) is 14.7 Å². The number of para-hydroxylation sites is 2. The van der Waals surface area contributed by atoms with Crippen LogP contribution in [0.25, 0.3) is 11.0 Å². The molecule has 1 aliphatic carbocycles. The predicted octanol–water partition coefficient (Wildman–Crippen LogP) is 3.22. The number of carbonyl (C=O) groups excluding carboxylic acids is 1. The first-order valence-electron chi connectivity index (χ1n) is 10.7. The van der Waals surface area contributed by atoms with Gasteiger partial charge in [-0.15, -0.1) is 0 Å². The molecule has 5 rings (SSSR count). The number of aliphatic hydroxyl groups is 1. The van der Waals surface area contributed by atoms with E-state index in [1.54, 1.807) is 17.0 Å². The third-order valence-corrected chi connectivity index (χ3v) is 6.81. The van der Waals surface area contributed by atoms with Gasteiger partial charge in [0.25, 0.3) is 11.5 Å². The molecule has 6 heteroatoms. The van der Waals surface area contributed by atoms with E-state index < -0.39 is 11.2 Å². The van der Waals surface area contributed by atoms with Crippen molar-refractivity contribution in [3.8, 4) is 0 Å². The summed E-state index contributed by atoms with van der Waals surface area (Å²) < 4.78 is 0. The Morgan fingerprint density at radius 1 is 1.07 bits per heavy atom. The summed E-state index contributed by atoms with van der Waals surface area (Å²) in [6.07, 6.45) is 4.19. The summed E-state index contributed by atoms with van der Waals surface area (Å²) in [7, 11) is 0. The zero-order valence-corrected chi connectivity index (χ0v) is 16.8. The first-order valence-corrected chi connectivity index (χ1v) is 10.7. The number of rotatable bonds is 2. The number of carbonyl (C=O) groups is 1. The number of aromatic nitrogens is 2. The van der Waals surface area contributed by atoms with Gasteiger partial charge in [0, 0.05) is 18.5 Å². The molecule has 1 saturated carbocycles. The van der Waals surface area contributed by atoms with E-state index in [1.165, 1.54) is 0 Å². The Balaban J connectivity index is 1.51. The first kappa shape index (κ1) is 19.0. The lowest BCUT2D eigenvalue weighted by Crippen LogP contribution is -2.59. The van der Waals surface area contributed by atoms with Crippen LogP contribution in [0.1, 0.15) is 48.2 Å². The molecule has 0 radical (unpaired) electrons. The molecular formula is C24H25N3O3.